The first-order chi connectivity index (χ1) is 13.6. The second-order valence-electron chi connectivity index (χ2n) is 7.94. The van der Waals surface area contributed by atoms with Gasteiger partial charge in [0.05, 0.1) is 45.0 Å². The Morgan fingerprint density at radius 3 is 2.32 bits per heavy atom. The van der Waals surface area contributed by atoms with Crippen LogP contribution >= 0.6 is 22.9 Å². The molecule has 0 spiro atoms. The van der Waals surface area contributed by atoms with Gasteiger partial charge in [0.1, 0.15) is 23.0 Å². The molecule has 0 aliphatic carbocycles. The number of hydrogen-bond donors (Lipinski definition) is 2. The lowest BCUT2D eigenvalue weighted by Crippen LogP contribution is -3.21. The minimum Gasteiger partial charge on any atom is -0.330 e. The Morgan fingerprint density at radius 1 is 1.07 bits per heavy atom. The molecular formula is C21H29ClN4OS+2. The van der Waals surface area contributed by atoms with Gasteiger partial charge in [0.2, 0.25) is 0 Å². The van der Waals surface area contributed by atoms with Gasteiger partial charge < -0.3 is 14.7 Å². The number of piperazine rings is 1. The molecule has 2 saturated heterocycles. The number of hydrogen-bond acceptors (Lipinski definition) is 3. The molecule has 4 rings (SSSR count). The van der Waals surface area contributed by atoms with E-state index in [1.165, 1.54) is 50.4 Å². The summed E-state index contributed by atoms with van der Waals surface area (Å²) in [6.45, 7) is 10.9. The standard InChI is InChI=1S/C21H27ClN4OS/c1-16-19(28-20(23-16)17-4-6-18(22)7-5-17)21(27)26-14-12-25(13-15-26)11-10-24-8-2-3-9-24/h4-7H,2-3,8-15H2,1H3/p+2. The highest BCUT2D eigenvalue weighted by molar-refractivity contribution is 7.17. The molecule has 1 aromatic carbocycles. The van der Waals surface area contributed by atoms with Crippen LogP contribution in [0, 0.1) is 6.92 Å². The Morgan fingerprint density at radius 2 is 1.68 bits per heavy atom. The number of aryl methyl sites for hydroxylation is 1. The van der Waals surface area contributed by atoms with Crippen molar-refractivity contribution in [3.63, 3.8) is 0 Å². The number of likely N-dealkylation sites (tertiary alicyclic amines) is 1. The van der Waals surface area contributed by atoms with Crippen LogP contribution in [-0.4, -0.2) is 68.1 Å². The number of benzene rings is 1. The Labute approximate surface area is 175 Å². The number of amides is 1. The lowest BCUT2D eigenvalue weighted by Gasteiger charge is -2.32. The first kappa shape index (κ1) is 19.8. The van der Waals surface area contributed by atoms with Gasteiger partial charge in [0.15, 0.2) is 0 Å². The van der Waals surface area contributed by atoms with Crippen molar-refractivity contribution in [2.45, 2.75) is 19.8 Å². The van der Waals surface area contributed by atoms with E-state index in [0.717, 1.165) is 47.3 Å². The third-order valence-electron chi connectivity index (χ3n) is 5.98. The summed E-state index contributed by atoms with van der Waals surface area (Å²) in [5.74, 6) is 0.138. The van der Waals surface area contributed by atoms with E-state index in [2.05, 4.69) is 4.98 Å². The van der Waals surface area contributed by atoms with E-state index in [-0.39, 0.29) is 5.91 Å². The molecule has 2 N–H and O–H groups in total. The number of thiazole rings is 1. The Bertz CT molecular complexity index is 808. The van der Waals surface area contributed by atoms with Crippen LogP contribution in [0.3, 0.4) is 0 Å². The SMILES string of the molecule is Cc1nc(-c2ccc(Cl)cc2)sc1C(=O)N1CC[NH+](CC[NH+]2CCCC2)CC1. The van der Waals surface area contributed by atoms with E-state index in [4.69, 9.17) is 11.6 Å². The lowest BCUT2D eigenvalue weighted by molar-refractivity contribution is -0.954. The first-order valence-electron chi connectivity index (χ1n) is 10.3. The number of carbonyl (C=O) groups excluding carboxylic acids is 1. The normalized spacial score (nSPS) is 18.7. The molecule has 2 aliphatic rings. The smallest absolute Gasteiger partial charge is 0.266 e. The predicted octanol–water partition coefficient (Wildman–Crippen LogP) is 0.791. The van der Waals surface area contributed by atoms with Crippen molar-refractivity contribution in [1.82, 2.24) is 9.88 Å². The van der Waals surface area contributed by atoms with Gasteiger partial charge in [-0.3, -0.25) is 4.79 Å². The molecule has 0 saturated carbocycles. The number of nitrogens with zero attached hydrogens (tertiary/aromatic N) is 2. The second kappa shape index (κ2) is 8.91. The fourth-order valence-corrected chi connectivity index (χ4v) is 5.37. The van der Waals surface area contributed by atoms with Crippen LogP contribution in [0.25, 0.3) is 10.6 Å². The molecule has 0 atom stereocenters. The highest BCUT2D eigenvalue weighted by Crippen LogP contribution is 2.29. The largest absolute Gasteiger partial charge is 0.330 e. The number of aromatic nitrogens is 1. The van der Waals surface area contributed by atoms with E-state index in [9.17, 15) is 4.79 Å². The molecular weight excluding hydrogens is 392 g/mol. The topological polar surface area (TPSA) is 42.1 Å². The second-order valence-corrected chi connectivity index (χ2v) is 9.38. The summed E-state index contributed by atoms with van der Waals surface area (Å²) in [5.41, 5.74) is 1.84. The summed E-state index contributed by atoms with van der Waals surface area (Å²) < 4.78 is 0. The monoisotopic (exact) mass is 420 g/mol. The summed E-state index contributed by atoms with van der Waals surface area (Å²) in [7, 11) is 0. The van der Waals surface area contributed by atoms with Gasteiger partial charge in [-0.2, -0.15) is 0 Å². The zero-order valence-corrected chi connectivity index (χ0v) is 18.0. The fraction of sp³-hybridized carbons (Fsp3) is 0.524. The number of carbonyl (C=O) groups is 1. The molecule has 3 heterocycles. The fourth-order valence-electron chi connectivity index (χ4n) is 4.21. The maximum atomic E-state index is 13.1. The highest BCUT2D eigenvalue weighted by Gasteiger charge is 2.28. The van der Waals surface area contributed by atoms with E-state index in [1.807, 2.05) is 36.1 Å². The van der Waals surface area contributed by atoms with Crippen LogP contribution in [0.2, 0.25) is 5.02 Å². The Kier molecular flexibility index (Phi) is 6.31. The van der Waals surface area contributed by atoms with Crippen LogP contribution in [0.1, 0.15) is 28.2 Å². The van der Waals surface area contributed by atoms with Crippen LogP contribution in [-0.2, 0) is 0 Å². The average molecular weight is 421 g/mol. The van der Waals surface area contributed by atoms with Gasteiger partial charge in [0, 0.05) is 23.4 Å². The van der Waals surface area contributed by atoms with Crippen molar-refractivity contribution in [2.75, 3.05) is 52.4 Å². The Hall–Kier alpha value is -1.47. The third kappa shape index (κ3) is 4.57. The zero-order valence-electron chi connectivity index (χ0n) is 16.5. The molecule has 1 amide bonds. The minimum atomic E-state index is 0.138. The molecule has 1 aromatic heterocycles. The number of nitrogens with one attached hydrogen (secondary N) is 2. The van der Waals surface area contributed by atoms with Crippen LogP contribution in [0.15, 0.2) is 24.3 Å². The van der Waals surface area contributed by atoms with E-state index >= 15 is 0 Å². The van der Waals surface area contributed by atoms with Gasteiger partial charge >= 0.3 is 0 Å². The molecule has 2 aromatic rings. The molecule has 0 unspecified atom stereocenters. The number of rotatable bonds is 5. The molecule has 2 fully saturated rings. The van der Waals surface area contributed by atoms with Crippen LogP contribution in [0.5, 0.6) is 0 Å². The number of halogens is 1. The summed E-state index contributed by atoms with van der Waals surface area (Å²) >= 11 is 7.47. The lowest BCUT2D eigenvalue weighted by atomic mass is 10.2. The average Bonchev–Trinajstić information content (AvgIpc) is 3.36. The Balaban J connectivity index is 1.34. The molecule has 28 heavy (non-hydrogen) atoms. The van der Waals surface area contributed by atoms with Crippen molar-refractivity contribution < 1.29 is 14.6 Å². The van der Waals surface area contributed by atoms with Crippen molar-refractivity contribution >= 4 is 28.8 Å². The van der Waals surface area contributed by atoms with E-state index in [1.54, 1.807) is 9.80 Å². The van der Waals surface area contributed by atoms with Crippen LogP contribution < -0.4 is 9.80 Å². The quantitative estimate of drug-likeness (QED) is 0.751. The molecule has 5 nitrogen and oxygen atoms in total. The van der Waals surface area contributed by atoms with E-state index < -0.39 is 0 Å². The van der Waals surface area contributed by atoms with Crippen LogP contribution in [0.4, 0.5) is 0 Å². The first-order valence-corrected chi connectivity index (χ1v) is 11.5. The minimum absolute atomic E-state index is 0.138. The highest BCUT2D eigenvalue weighted by atomic mass is 35.5. The zero-order chi connectivity index (χ0) is 19.5. The van der Waals surface area contributed by atoms with Gasteiger partial charge in [-0.05, 0) is 19.1 Å². The summed E-state index contributed by atoms with van der Waals surface area (Å²) in [4.78, 5) is 23.9. The molecule has 150 valence electrons. The molecule has 2 aliphatic heterocycles. The predicted molar refractivity (Wildman–Crippen MR) is 114 cm³/mol. The van der Waals surface area contributed by atoms with E-state index in [0.29, 0.717) is 5.02 Å². The summed E-state index contributed by atoms with van der Waals surface area (Å²) in [5, 5.41) is 1.59. The van der Waals surface area contributed by atoms with Crippen molar-refractivity contribution in [3.05, 3.63) is 39.9 Å². The van der Waals surface area contributed by atoms with Gasteiger partial charge in [-0.15, -0.1) is 11.3 Å². The number of quaternary nitrogens is 2. The third-order valence-corrected chi connectivity index (χ3v) is 7.43. The van der Waals surface area contributed by atoms with Crippen molar-refractivity contribution in [1.29, 1.82) is 0 Å². The van der Waals surface area contributed by atoms with Gasteiger partial charge in [-0.25, -0.2) is 4.98 Å². The molecule has 0 bridgehead atoms. The molecule has 7 heteroatoms. The maximum Gasteiger partial charge on any atom is 0.266 e. The maximum absolute atomic E-state index is 13.1. The van der Waals surface area contributed by atoms with Crippen molar-refractivity contribution in [3.8, 4) is 10.6 Å². The van der Waals surface area contributed by atoms with Crippen molar-refractivity contribution in [2.24, 2.45) is 0 Å². The summed E-state index contributed by atoms with van der Waals surface area (Å²) in [6.07, 6.45) is 2.78. The van der Waals surface area contributed by atoms with Gasteiger partial charge in [-0.1, -0.05) is 23.7 Å². The van der Waals surface area contributed by atoms with Gasteiger partial charge in [0.25, 0.3) is 5.91 Å². The molecule has 0 radical (unpaired) electrons. The summed E-state index contributed by atoms with van der Waals surface area (Å²) in [6, 6.07) is 7.64.